The monoisotopic (exact) mass is 321 g/mol. The van der Waals surface area contributed by atoms with Crippen molar-refractivity contribution in [1.29, 1.82) is 0 Å². The number of hydrogen-bond acceptors (Lipinski definition) is 2. The van der Waals surface area contributed by atoms with Crippen LogP contribution < -0.4 is 5.32 Å². The van der Waals surface area contributed by atoms with Crippen molar-refractivity contribution in [2.24, 2.45) is 5.92 Å². The molecule has 0 saturated heterocycles. The van der Waals surface area contributed by atoms with E-state index in [-0.39, 0.29) is 18.4 Å². The molecule has 0 aromatic rings. The van der Waals surface area contributed by atoms with E-state index in [1.165, 1.54) is 0 Å². The van der Waals surface area contributed by atoms with Crippen LogP contribution in [0.15, 0.2) is 0 Å². The van der Waals surface area contributed by atoms with Gasteiger partial charge in [0, 0.05) is 12.6 Å². The summed E-state index contributed by atoms with van der Waals surface area (Å²) in [4.78, 5) is 0. The van der Waals surface area contributed by atoms with Crippen LogP contribution in [0.4, 0.5) is 26.3 Å². The lowest BCUT2D eigenvalue weighted by atomic mass is 10.00. The first-order valence-corrected chi connectivity index (χ1v) is 7.14. The molecular weight excluding hydrogens is 300 g/mol. The van der Waals surface area contributed by atoms with E-state index in [9.17, 15) is 26.3 Å². The second kappa shape index (κ2) is 7.67. The number of alkyl halides is 6. The van der Waals surface area contributed by atoms with E-state index in [0.29, 0.717) is 0 Å². The zero-order chi connectivity index (χ0) is 16.1. The summed E-state index contributed by atoms with van der Waals surface area (Å²) in [6.07, 6.45) is -10.7. The van der Waals surface area contributed by atoms with Gasteiger partial charge in [0.15, 0.2) is 0 Å². The summed E-state index contributed by atoms with van der Waals surface area (Å²) in [5.74, 6) is 0.0821. The summed E-state index contributed by atoms with van der Waals surface area (Å²) >= 11 is 0. The van der Waals surface area contributed by atoms with Crippen LogP contribution in [0.1, 0.15) is 39.0 Å². The van der Waals surface area contributed by atoms with Gasteiger partial charge >= 0.3 is 12.4 Å². The van der Waals surface area contributed by atoms with Crippen LogP contribution in [-0.2, 0) is 4.74 Å². The molecule has 0 aromatic heterocycles. The van der Waals surface area contributed by atoms with E-state index in [1.807, 2.05) is 6.92 Å². The van der Waals surface area contributed by atoms with Crippen molar-refractivity contribution < 1.29 is 31.1 Å². The minimum absolute atomic E-state index is 0.0821. The van der Waals surface area contributed by atoms with Crippen molar-refractivity contribution in [2.45, 2.75) is 63.5 Å². The van der Waals surface area contributed by atoms with Crippen molar-refractivity contribution in [3.8, 4) is 0 Å². The highest BCUT2D eigenvalue weighted by Gasteiger charge is 2.57. The fourth-order valence-electron chi connectivity index (χ4n) is 2.69. The first-order valence-electron chi connectivity index (χ1n) is 7.14. The Balaban J connectivity index is 2.43. The third-order valence-corrected chi connectivity index (χ3v) is 3.68. The number of rotatable bonds is 7. The average molecular weight is 321 g/mol. The summed E-state index contributed by atoms with van der Waals surface area (Å²) in [6.45, 7) is 2.27. The number of ether oxygens (including phenoxy) is 1. The Morgan fingerprint density at radius 3 is 2.24 bits per heavy atom. The highest BCUT2D eigenvalue weighted by molar-refractivity contribution is 4.83. The minimum Gasteiger partial charge on any atom is -0.361 e. The Morgan fingerprint density at radius 2 is 1.71 bits per heavy atom. The van der Waals surface area contributed by atoms with Crippen LogP contribution in [0.2, 0.25) is 0 Å². The van der Waals surface area contributed by atoms with Crippen LogP contribution in [0.5, 0.6) is 0 Å². The van der Waals surface area contributed by atoms with Gasteiger partial charge in [0.05, 0.1) is 0 Å². The van der Waals surface area contributed by atoms with Crippen molar-refractivity contribution in [1.82, 2.24) is 5.32 Å². The van der Waals surface area contributed by atoms with E-state index < -0.39 is 25.1 Å². The molecule has 1 aliphatic carbocycles. The van der Waals surface area contributed by atoms with Crippen molar-refractivity contribution >= 4 is 0 Å². The van der Waals surface area contributed by atoms with Crippen LogP contribution in [0.25, 0.3) is 0 Å². The number of halogens is 6. The molecule has 0 bridgehead atoms. The van der Waals surface area contributed by atoms with Gasteiger partial charge < -0.3 is 10.1 Å². The lowest BCUT2D eigenvalue weighted by molar-refractivity contribution is -0.322. The highest BCUT2D eigenvalue weighted by atomic mass is 19.4. The second-order valence-electron chi connectivity index (χ2n) is 5.37. The standard InChI is InChI=1S/C13H21F6NO/c1-2-7-20-10-5-3-4-9(10)6-8-21-11(12(14,15)16)13(17,18)19/h9-11,20H,2-8H2,1H3. The molecule has 1 rings (SSSR count). The quantitative estimate of drug-likeness (QED) is 0.714. The topological polar surface area (TPSA) is 21.3 Å². The Hall–Kier alpha value is -0.500. The molecule has 8 heteroatoms. The third kappa shape index (κ3) is 6.02. The predicted octanol–water partition coefficient (Wildman–Crippen LogP) is 4.05. The second-order valence-corrected chi connectivity index (χ2v) is 5.37. The highest BCUT2D eigenvalue weighted by Crippen LogP contribution is 2.36. The molecular formula is C13H21F6NO. The maximum absolute atomic E-state index is 12.3. The molecule has 0 amide bonds. The van der Waals surface area contributed by atoms with E-state index >= 15 is 0 Å². The Bertz CT molecular complexity index is 290. The van der Waals surface area contributed by atoms with Gasteiger partial charge in [0.2, 0.25) is 6.10 Å². The summed E-state index contributed by atoms with van der Waals surface area (Å²) < 4.78 is 77.9. The van der Waals surface area contributed by atoms with Crippen LogP contribution >= 0.6 is 0 Å². The molecule has 0 aliphatic heterocycles. The van der Waals surface area contributed by atoms with E-state index in [2.05, 4.69) is 10.1 Å². The molecule has 2 unspecified atom stereocenters. The molecule has 0 spiro atoms. The van der Waals surface area contributed by atoms with E-state index in [0.717, 1.165) is 32.2 Å². The van der Waals surface area contributed by atoms with Gasteiger partial charge in [0.25, 0.3) is 0 Å². The number of hydrogen-bond donors (Lipinski definition) is 1. The van der Waals surface area contributed by atoms with Crippen molar-refractivity contribution in [2.75, 3.05) is 13.2 Å². The van der Waals surface area contributed by atoms with Gasteiger partial charge in [-0.25, -0.2) is 0 Å². The molecule has 2 atom stereocenters. The summed E-state index contributed by atoms with van der Waals surface area (Å²) in [5.41, 5.74) is 0. The first-order chi connectivity index (χ1) is 9.66. The normalized spacial score (nSPS) is 24.0. The number of nitrogens with one attached hydrogen (secondary N) is 1. The molecule has 0 aromatic carbocycles. The Labute approximate surface area is 120 Å². The molecule has 1 saturated carbocycles. The van der Waals surface area contributed by atoms with Gasteiger partial charge in [-0.1, -0.05) is 13.3 Å². The van der Waals surface area contributed by atoms with Crippen LogP contribution in [0.3, 0.4) is 0 Å². The van der Waals surface area contributed by atoms with Gasteiger partial charge in [-0.15, -0.1) is 0 Å². The largest absolute Gasteiger partial charge is 0.423 e. The van der Waals surface area contributed by atoms with Gasteiger partial charge in [-0.3, -0.25) is 0 Å². The molecule has 2 nitrogen and oxygen atoms in total. The third-order valence-electron chi connectivity index (χ3n) is 3.68. The maximum Gasteiger partial charge on any atom is 0.423 e. The molecule has 0 radical (unpaired) electrons. The maximum atomic E-state index is 12.3. The average Bonchev–Trinajstić information content (AvgIpc) is 2.76. The summed E-state index contributed by atoms with van der Waals surface area (Å²) in [6, 6.07) is 0.170. The molecule has 126 valence electrons. The zero-order valence-corrected chi connectivity index (χ0v) is 11.9. The predicted molar refractivity (Wildman–Crippen MR) is 65.9 cm³/mol. The van der Waals surface area contributed by atoms with E-state index in [1.54, 1.807) is 0 Å². The van der Waals surface area contributed by atoms with Crippen LogP contribution in [-0.4, -0.2) is 37.7 Å². The fraction of sp³-hybridized carbons (Fsp3) is 1.00. The molecule has 1 aliphatic rings. The Kier molecular flexibility index (Phi) is 6.77. The summed E-state index contributed by atoms with van der Waals surface area (Å²) in [5, 5.41) is 3.28. The smallest absolute Gasteiger partial charge is 0.361 e. The minimum atomic E-state index is -5.42. The first kappa shape index (κ1) is 18.5. The lowest BCUT2D eigenvalue weighted by Crippen LogP contribution is -2.44. The van der Waals surface area contributed by atoms with E-state index in [4.69, 9.17) is 0 Å². The zero-order valence-electron chi connectivity index (χ0n) is 11.9. The van der Waals surface area contributed by atoms with Crippen LogP contribution in [0, 0.1) is 5.92 Å². The summed E-state index contributed by atoms with van der Waals surface area (Å²) in [7, 11) is 0. The molecule has 1 N–H and O–H groups in total. The fourth-order valence-corrected chi connectivity index (χ4v) is 2.69. The van der Waals surface area contributed by atoms with Crippen molar-refractivity contribution in [3.05, 3.63) is 0 Å². The van der Waals surface area contributed by atoms with Gasteiger partial charge in [0.1, 0.15) is 0 Å². The lowest BCUT2D eigenvalue weighted by Gasteiger charge is -2.25. The van der Waals surface area contributed by atoms with Gasteiger partial charge in [-0.2, -0.15) is 26.3 Å². The molecule has 0 heterocycles. The van der Waals surface area contributed by atoms with Gasteiger partial charge in [-0.05, 0) is 38.1 Å². The van der Waals surface area contributed by atoms with Crippen molar-refractivity contribution in [3.63, 3.8) is 0 Å². The molecule has 1 fully saturated rings. The Morgan fingerprint density at radius 1 is 1.10 bits per heavy atom. The SMILES string of the molecule is CCCNC1CCCC1CCOC(C(F)(F)F)C(F)(F)F. The molecule has 21 heavy (non-hydrogen) atoms.